The molecule has 4 fully saturated rings. The van der Waals surface area contributed by atoms with E-state index >= 15 is 0 Å². The van der Waals surface area contributed by atoms with Crippen molar-refractivity contribution >= 4 is 5.78 Å². The van der Waals surface area contributed by atoms with Gasteiger partial charge in [-0.3, -0.25) is 4.79 Å². The van der Waals surface area contributed by atoms with Crippen LogP contribution in [0.4, 0.5) is 0 Å². The predicted molar refractivity (Wildman–Crippen MR) is 92.0 cm³/mol. The monoisotopic (exact) mass is 318 g/mol. The molecule has 130 valence electrons. The molecule has 1 N–H and O–H groups in total. The van der Waals surface area contributed by atoms with Gasteiger partial charge in [-0.05, 0) is 86.9 Å². The second-order valence-electron chi connectivity index (χ2n) is 9.86. The molecule has 0 amide bonds. The molecule has 0 saturated heterocycles. The summed E-state index contributed by atoms with van der Waals surface area (Å²) < 4.78 is 0. The molecule has 0 aromatic carbocycles. The van der Waals surface area contributed by atoms with Gasteiger partial charge in [-0.1, -0.05) is 26.7 Å². The van der Waals surface area contributed by atoms with Gasteiger partial charge in [0.25, 0.3) is 0 Å². The van der Waals surface area contributed by atoms with E-state index in [4.69, 9.17) is 0 Å². The van der Waals surface area contributed by atoms with Gasteiger partial charge < -0.3 is 5.11 Å². The smallest absolute Gasteiger partial charge is 0.133 e. The lowest BCUT2D eigenvalue weighted by Gasteiger charge is -2.63. The number of rotatable bonds is 1. The number of fused-ring (bicyclic) bond motifs is 5. The Morgan fingerprint density at radius 1 is 0.913 bits per heavy atom. The van der Waals surface area contributed by atoms with Crippen molar-refractivity contribution in [2.75, 3.05) is 0 Å². The minimum atomic E-state index is -0.404. The van der Waals surface area contributed by atoms with Crippen LogP contribution in [0.15, 0.2) is 0 Å². The SMILES string of the molecule is CC(=O)[C@H]1CC[C@H]2[C@@H]3CC[C@@]4(O)CCCC[C@]4(C)[C@H]3CC[C@]12C. The molecular weight excluding hydrogens is 284 g/mol. The summed E-state index contributed by atoms with van der Waals surface area (Å²) >= 11 is 0. The Morgan fingerprint density at radius 2 is 1.65 bits per heavy atom. The maximum atomic E-state index is 12.2. The molecule has 2 nitrogen and oxygen atoms in total. The maximum Gasteiger partial charge on any atom is 0.133 e. The largest absolute Gasteiger partial charge is 0.389 e. The summed E-state index contributed by atoms with van der Waals surface area (Å²) in [5.41, 5.74) is -0.0317. The Morgan fingerprint density at radius 3 is 2.39 bits per heavy atom. The Hall–Kier alpha value is -0.370. The quantitative estimate of drug-likeness (QED) is 0.758. The molecule has 0 unspecified atom stereocenters. The van der Waals surface area contributed by atoms with Crippen LogP contribution >= 0.6 is 0 Å². The van der Waals surface area contributed by atoms with E-state index in [-0.39, 0.29) is 10.8 Å². The van der Waals surface area contributed by atoms with Crippen LogP contribution in [0, 0.1) is 34.5 Å². The summed E-state index contributed by atoms with van der Waals surface area (Å²) in [7, 11) is 0. The first-order valence-corrected chi connectivity index (χ1v) is 10.0. The maximum absolute atomic E-state index is 12.2. The molecule has 0 bridgehead atoms. The van der Waals surface area contributed by atoms with Crippen molar-refractivity contribution in [3.05, 3.63) is 0 Å². The second kappa shape index (κ2) is 5.07. The summed E-state index contributed by atoms with van der Waals surface area (Å²) in [4.78, 5) is 12.2. The highest BCUT2D eigenvalue weighted by Crippen LogP contribution is 2.68. The Kier molecular flexibility index (Phi) is 3.55. The van der Waals surface area contributed by atoms with Crippen LogP contribution in [0.1, 0.15) is 85.0 Å². The van der Waals surface area contributed by atoms with Crippen molar-refractivity contribution in [1.82, 2.24) is 0 Å². The molecule has 0 aromatic rings. The predicted octanol–water partition coefficient (Wildman–Crippen LogP) is 4.74. The van der Waals surface area contributed by atoms with Crippen molar-refractivity contribution in [1.29, 1.82) is 0 Å². The van der Waals surface area contributed by atoms with Gasteiger partial charge in [-0.25, -0.2) is 0 Å². The molecular formula is C21H34O2. The van der Waals surface area contributed by atoms with Crippen molar-refractivity contribution in [2.45, 2.75) is 90.6 Å². The first-order chi connectivity index (χ1) is 10.8. The highest BCUT2D eigenvalue weighted by atomic mass is 16.3. The van der Waals surface area contributed by atoms with Crippen molar-refractivity contribution in [2.24, 2.45) is 34.5 Å². The first-order valence-electron chi connectivity index (χ1n) is 10.0. The minimum Gasteiger partial charge on any atom is -0.389 e. The Balaban J connectivity index is 1.66. The normalized spacial score (nSPS) is 55.7. The van der Waals surface area contributed by atoms with E-state index in [2.05, 4.69) is 13.8 Å². The van der Waals surface area contributed by atoms with Crippen LogP contribution in [-0.4, -0.2) is 16.5 Å². The molecule has 2 heteroatoms. The van der Waals surface area contributed by atoms with Crippen molar-refractivity contribution in [3.8, 4) is 0 Å². The lowest BCUT2D eigenvalue weighted by atomic mass is 9.43. The topological polar surface area (TPSA) is 37.3 Å². The third-order valence-electron chi connectivity index (χ3n) is 9.24. The van der Waals surface area contributed by atoms with E-state index in [9.17, 15) is 9.90 Å². The second-order valence-corrected chi connectivity index (χ2v) is 9.86. The molecule has 0 aromatic heterocycles. The van der Waals surface area contributed by atoms with Gasteiger partial charge >= 0.3 is 0 Å². The fourth-order valence-electron chi connectivity index (χ4n) is 7.92. The fourth-order valence-corrected chi connectivity index (χ4v) is 7.92. The van der Waals surface area contributed by atoms with Gasteiger partial charge in [0.2, 0.25) is 0 Å². The van der Waals surface area contributed by atoms with Crippen LogP contribution in [0.2, 0.25) is 0 Å². The molecule has 4 saturated carbocycles. The van der Waals surface area contributed by atoms with E-state index in [0.29, 0.717) is 17.6 Å². The van der Waals surface area contributed by atoms with E-state index < -0.39 is 5.60 Å². The van der Waals surface area contributed by atoms with Crippen molar-refractivity contribution < 1.29 is 9.90 Å². The number of Topliss-reactive ketones (excluding diaryl/α,β-unsaturated/α-hetero) is 1. The van der Waals surface area contributed by atoms with E-state index in [0.717, 1.165) is 31.1 Å². The number of hydrogen-bond donors (Lipinski definition) is 1. The Labute approximate surface area is 141 Å². The third kappa shape index (κ3) is 2.00. The molecule has 0 radical (unpaired) electrons. The molecule has 23 heavy (non-hydrogen) atoms. The van der Waals surface area contributed by atoms with Crippen LogP contribution in [0.5, 0.6) is 0 Å². The number of hydrogen-bond acceptors (Lipinski definition) is 2. The number of carbonyl (C=O) groups excluding carboxylic acids is 1. The van der Waals surface area contributed by atoms with E-state index in [1.54, 1.807) is 0 Å². The zero-order chi connectivity index (χ0) is 16.5. The summed E-state index contributed by atoms with van der Waals surface area (Å²) in [5, 5.41) is 11.4. The standard InChI is InChI=1S/C21H34O2/c1-14(22)16-6-7-17-15-8-13-21(23)11-5-4-10-20(21,3)18(15)9-12-19(16,17)2/h15-18,23H,4-13H2,1-3H3/t15-,16+,17-,18-,19+,20+,21-/m0/s1. The lowest BCUT2D eigenvalue weighted by Crippen LogP contribution is -2.61. The van der Waals surface area contributed by atoms with Gasteiger partial charge in [-0.2, -0.15) is 0 Å². The molecule has 0 spiro atoms. The molecule has 4 rings (SSSR count). The fraction of sp³-hybridized carbons (Fsp3) is 0.952. The number of ketones is 1. The molecule has 0 heterocycles. The number of aliphatic hydroxyl groups is 1. The van der Waals surface area contributed by atoms with E-state index in [1.807, 2.05) is 6.92 Å². The summed E-state index contributed by atoms with van der Waals surface area (Å²) in [6.45, 7) is 6.63. The van der Waals surface area contributed by atoms with Gasteiger partial charge in [0.1, 0.15) is 5.78 Å². The first kappa shape index (κ1) is 16.1. The van der Waals surface area contributed by atoms with Crippen molar-refractivity contribution in [3.63, 3.8) is 0 Å². The van der Waals surface area contributed by atoms with Crippen LogP contribution in [0.3, 0.4) is 0 Å². The lowest BCUT2D eigenvalue weighted by molar-refractivity contribution is -0.204. The summed E-state index contributed by atoms with van der Waals surface area (Å²) in [6, 6.07) is 0. The van der Waals surface area contributed by atoms with Gasteiger partial charge in [0.15, 0.2) is 0 Å². The highest BCUT2D eigenvalue weighted by molar-refractivity contribution is 5.79. The molecule has 0 aliphatic heterocycles. The van der Waals surface area contributed by atoms with Gasteiger partial charge in [-0.15, -0.1) is 0 Å². The number of carbonyl (C=O) groups is 1. The van der Waals surface area contributed by atoms with Gasteiger partial charge in [0.05, 0.1) is 5.60 Å². The average molecular weight is 319 g/mol. The zero-order valence-electron chi connectivity index (χ0n) is 15.2. The summed E-state index contributed by atoms with van der Waals surface area (Å²) in [5.74, 6) is 2.88. The van der Waals surface area contributed by atoms with E-state index in [1.165, 1.54) is 44.9 Å². The highest BCUT2D eigenvalue weighted by Gasteiger charge is 2.63. The minimum absolute atomic E-state index is 0.129. The van der Waals surface area contributed by atoms with Crippen LogP contribution in [0.25, 0.3) is 0 Å². The Bertz CT molecular complexity index is 514. The molecule has 4 aliphatic carbocycles. The average Bonchev–Trinajstić information content (AvgIpc) is 2.85. The molecule has 4 aliphatic rings. The van der Waals surface area contributed by atoms with Gasteiger partial charge in [0, 0.05) is 5.92 Å². The summed E-state index contributed by atoms with van der Waals surface area (Å²) in [6.07, 6.45) is 11.7. The van der Waals surface area contributed by atoms with Crippen LogP contribution in [-0.2, 0) is 4.79 Å². The van der Waals surface area contributed by atoms with Crippen LogP contribution < -0.4 is 0 Å². The third-order valence-corrected chi connectivity index (χ3v) is 9.24. The zero-order valence-corrected chi connectivity index (χ0v) is 15.2. The molecule has 7 atom stereocenters.